The van der Waals surface area contributed by atoms with Crippen LogP contribution in [0.1, 0.15) is 37.4 Å². The monoisotopic (exact) mass is 432 g/mol. The summed E-state index contributed by atoms with van der Waals surface area (Å²) in [6, 6.07) is 3.12. The van der Waals surface area contributed by atoms with Crippen molar-refractivity contribution in [2.45, 2.75) is 37.8 Å². The molecule has 2 aliphatic rings. The molecule has 2 fully saturated rings. The standard InChI is InChI=1S/C16H28N6.HI/c1-20-10-4-5-12(15(20)14-8-9-19-22(14)3)11-18-16(17)21(2)13-6-7-13;/h8-9,12-13,15H,4-7,10-11H2,1-3H3,(H2,17,18);1H/t12-,15+;/m0./s1. The van der Waals surface area contributed by atoms with Crippen LogP contribution in [0, 0.1) is 5.92 Å². The normalized spacial score (nSPS) is 26.0. The molecule has 0 aromatic carbocycles. The molecule has 6 nitrogen and oxygen atoms in total. The number of hydrogen-bond acceptors (Lipinski definition) is 3. The van der Waals surface area contributed by atoms with Crippen molar-refractivity contribution in [2.75, 3.05) is 27.2 Å². The van der Waals surface area contributed by atoms with E-state index in [0.717, 1.165) is 13.1 Å². The SMILES string of the molecule is CN(C(N)=NC[C@@H]1CCCN(C)[C@H]1c1ccnn1C)C1CC1.I. The van der Waals surface area contributed by atoms with E-state index in [1.54, 1.807) is 0 Å². The molecule has 0 unspecified atom stereocenters. The Bertz CT molecular complexity index is 538. The lowest BCUT2D eigenvalue weighted by Crippen LogP contribution is -2.40. The fourth-order valence-electron chi connectivity index (χ4n) is 3.56. The third-order valence-corrected chi connectivity index (χ3v) is 5.11. The van der Waals surface area contributed by atoms with Crippen molar-refractivity contribution in [3.05, 3.63) is 18.0 Å². The van der Waals surface area contributed by atoms with Crippen molar-refractivity contribution in [3.8, 4) is 0 Å². The molecular formula is C16H29IN6. The van der Waals surface area contributed by atoms with Gasteiger partial charge in [-0.1, -0.05) is 0 Å². The van der Waals surface area contributed by atoms with E-state index in [4.69, 9.17) is 10.7 Å². The topological polar surface area (TPSA) is 62.7 Å². The Morgan fingerprint density at radius 3 is 2.74 bits per heavy atom. The second-order valence-electron chi connectivity index (χ2n) is 6.75. The molecule has 1 aliphatic carbocycles. The van der Waals surface area contributed by atoms with Crippen LogP contribution in [0.3, 0.4) is 0 Å². The van der Waals surface area contributed by atoms with Crippen molar-refractivity contribution >= 4 is 29.9 Å². The molecule has 2 N–H and O–H groups in total. The molecule has 2 heterocycles. The van der Waals surface area contributed by atoms with Gasteiger partial charge in [0.1, 0.15) is 0 Å². The second kappa shape index (κ2) is 7.83. The lowest BCUT2D eigenvalue weighted by molar-refractivity contribution is 0.118. The Labute approximate surface area is 156 Å². The maximum absolute atomic E-state index is 6.15. The first kappa shape index (κ1) is 18.5. The molecule has 3 rings (SSSR count). The summed E-state index contributed by atoms with van der Waals surface area (Å²) in [5, 5.41) is 4.34. The van der Waals surface area contributed by atoms with E-state index in [1.807, 2.05) is 17.9 Å². The highest BCUT2D eigenvalue weighted by atomic mass is 127. The highest BCUT2D eigenvalue weighted by Gasteiger charge is 2.33. The smallest absolute Gasteiger partial charge is 0.191 e. The zero-order chi connectivity index (χ0) is 15.7. The summed E-state index contributed by atoms with van der Waals surface area (Å²) in [5.41, 5.74) is 7.42. The van der Waals surface area contributed by atoms with E-state index in [9.17, 15) is 0 Å². The first-order chi connectivity index (χ1) is 10.6. The van der Waals surface area contributed by atoms with E-state index in [2.05, 4.69) is 35.1 Å². The molecule has 0 bridgehead atoms. The Morgan fingerprint density at radius 2 is 2.13 bits per heavy atom. The van der Waals surface area contributed by atoms with Crippen LogP contribution >= 0.6 is 24.0 Å². The number of guanidine groups is 1. The molecule has 1 saturated heterocycles. The Kier molecular flexibility index (Phi) is 6.30. The minimum atomic E-state index is 0. The average Bonchev–Trinajstić information content (AvgIpc) is 3.27. The van der Waals surface area contributed by atoms with Crippen LogP contribution in [0.2, 0.25) is 0 Å². The molecule has 23 heavy (non-hydrogen) atoms. The van der Waals surface area contributed by atoms with Gasteiger partial charge in [-0.15, -0.1) is 24.0 Å². The minimum absolute atomic E-state index is 0. The summed E-state index contributed by atoms with van der Waals surface area (Å²) in [6.07, 6.45) is 6.80. The van der Waals surface area contributed by atoms with Gasteiger partial charge in [-0.05, 0) is 51.3 Å². The summed E-state index contributed by atoms with van der Waals surface area (Å²) >= 11 is 0. The van der Waals surface area contributed by atoms with Gasteiger partial charge in [0.2, 0.25) is 0 Å². The highest BCUT2D eigenvalue weighted by molar-refractivity contribution is 14.0. The number of nitrogens with two attached hydrogens (primary N) is 1. The number of aryl methyl sites for hydroxylation is 1. The molecule has 0 amide bonds. The van der Waals surface area contributed by atoms with E-state index < -0.39 is 0 Å². The van der Waals surface area contributed by atoms with Crippen LogP contribution in [-0.2, 0) is 7.05 Å². The first-order valence-corrected chi connectivity index (χ1v) is 8.29. The largest absolute Gasteiger partial charge is 0.370 e. The summed E-state index contributed by atoms with van der Waals surface area (Å²) < 4.78 is 1.99. The number of hydrogen-bond donors (Lipinski definition) is 1. The van der Waals surface area contributed by atoms with E-state index >= 15 is 0 Å². The van der Waals surface area contributed by atoms with Gasteiger partial charge < -0.3 is 10.6 Å². The number of aliphatic imine (C=N–C) groups is 1. The number of aromatic nitrogens is 2. The Morgan fingerprint density at radius 1 is 1.39 bits per heavy atom. The van der Waals surface area contributed by atoms with Crippen LogP contribution in [0.25, 0.3) is 0 Å². The first-order valence-electron chi connectivity index (χ1n) is 8.29. The predicted molar refractivity (Wildman–Crippen MR) is 104 cm³/mol. The lowest BCUT2D eigenvalue weighted by atomic mass is 9.87. The molecule has 1 aromatic rings. The third kappa shape index (κ3) is 4.17. The van der Waals surface area contributed by atoms with Crippen molar-refractivity contribution < 1.29 is 0 Å². The van der Waals surface area contributed by atoms with Gasteiger partial charge in [0.25, 0.3) is 0 Å². The average molecular weight is 432 g/mol. The summed E-state index contributed by atoms with van der Waals surface area (Å²) in [6.45, 7) is 1.93. The Balaban J connectivity index is 0.00000192. The number of piperidine rings is 1. The number of halogens is 1. The lowest BCUT2D eigenvalue weighted by Gasteiger charge is -2.38. The Hall–Kier alpha value is -0.830. The van der Waals surface area contributed by atoms with Gasteiger partial charge in [-0.3, -0.25) is 14.6 Å². The molecule has 0 spiro atoms. The molecule has 1 aromatic heterocycles. The van der Waals surface area contributed by atoms with Crippen LogP contribution < -0.4 is 5.73 Å². The molecular weight excluding hydrogens is 403 g/mol. The van der Waals surface area contributed by atoms with Crippen molar-refractivity contribution in [1.29, 1.82) is 0 Å². The maximum atomic E-state index is 6.15. The zero-order valence-corrected chi connectivity index (χ0v) is 16.7. The number of likely N-dealkylation sites (tertiary alicyclic amines) is 1. The van der Waals surface area contributed by atoms with Crippen molar-refractivity contribution in [3.63, 3.8) is 0 Å². The van der Waals surface area contributed by atoms with Crippen LogP contribution in [-0.4, -0.2) is 58.8 Å². The van der Waals surface area contributed by atoms with Gasteiger partial charge in [-0.25, -0.2) is 0 Å². The van der Waals surface area contributed by atoms with Gasteiger partial charge in [0.05, 0.1) is 11.7 Å². The van der Waals surface area contributed by atoms with E-state index in [0.29, 0.717) is 24.0 Å². The van der Waals surface area contributed by atoms with E-state index in [1.165, 1.54) is 31.4 Å². The fraction of sp³-hybridized carbons (Fsp3) is 0.750. The van der Waals surface area contributed by atoms with Crippen LogP contribution in [0.5, 0.6) is 0 Å². The van der Waals surface area contributed by atoms with Gasteiger partial charge in [-0.2, -0.15) is 5.10 Å². The van der Waals surface area contributed by atoms with Gasteiger partial charge >= 0.3 is 0 Å². The summed E-state index contributed by atoms with van der Waals surface area (Å²) in [5.74, 6) is 1.19. The fourth-order valence-corrected chi connectivity index (χ4v) is 3.56. The summed E-state index contributed by atoms with van der Waals surface area (Å²) in [7, 11) is 6.28. The van der Waals surface area contributed by atoms with Crippen molar-refractivity contribution in [1.82, 2.24) is 19.6 Å². The zero-order valence-electron chi connectivity index (χ0n) is 14.4. The number of rotatable bonds is 4. The minimum Gasteiger partial charge on any atom is -0.370 e. The molecule has 0 radical (unpaired) electrons. The second-order valence-corrected chi connectivity index (χ2v) is 6.75. The van der Waals surface area contributed by atoms with Gasteiger partial charge in [0.15, 0.2) is 5.96 Å². The van der Waals surface area contributed by atoms with Crippen LogP contribution in [0.15, 0.2) is 17.3 Å². The van der Waals surface area contributed by atoms with Crippen LogP contribution in [0.4, 0.5) is 0 Å². The molecule has 7 heteroatoms. The molecule has 2 atom stereocenters. The van der Waals surface area contributed by atoms with E-state index in [-0.39, 0.29) is 24.0 Å². The van der Waals surface area contributed by atoms with Crippen molar-refractivity contribution in [2.24, 2.45) is 23.7 Å². The number of nitrogens with zero attached hydrogens (tertiary/aromatic N) is 5. The molecule has 1 aliphatic heterocycles. The van der Waals surface area contributed by atoms with Gasteiger partial charge in [0, 0.05) is 32.9 Å². The molecule has 1 saturated carbocycles. The highest BCUT2D eigenvalue weighted by Crippen LogP contribution is 2.35. The quantitative estimate of drug-likeness (QED) is 0.448. The predicted octanol–water partition coefficient (Wildman–Crippen LogP) is 1.83. The summed E-state index contributed by atoms with van der Waals surface area (Å²) in [4.78, 5) is 9.26. The third-order valence-electron chi connectivity index (χ3n) is 5.11. The molecule has 130 valence electrons. The maximum Gasteiger partial charge on any atom is 0.191 e.